The van der Waals surface area contributed by atoms with Gasteiger partial charge in [0.2, 0.25) is 11.8 Å². The molecular weight excluding hydrogens is 682 g/mol. The van der Waals surface area contributed by atoms with Crippen LogP contribution in [0.1, 0.15) is 22.3 Å². The highest BCUT2D eigenvalue weighted by Gasteiger charge is 2.37. The van der Waals surface area contributed by atoms with E-state index in [4.69, 9.17) is 0 Å². The van der Waals surface area contributed by atoms with Gasteiger partial charge in [-0.05, 0) is 47.5 Å². The summed E-state index contributed by atoms with van der Waals surface area (Å²) < 4.78 is 94.0. The Bertz CT molecular complexity index is 1500. The second-order valence-corrected chi connectivity index (χ2v) is 11.9. The van der Waals surface area contributed by atoms with Gasteiger partial charge in [-0.3, -0.25) is 9.59 Å². The summed E-state index contributed by atoms with van der Waals surface area (Å²) in [7, 11) is 2.47. The third-order valence-corrected chi connectivity index (χ3v) is 8.87. The molecule has 17 heteroatoms. The van der Waals surface area contributed by atoms with Crippen LogP contribution in [0.4, 0.5) is 35.9 Å². The number of halogens is 6. The SMILES string of the molecule is COC(=O)N1CCN(C(=O)/C=C/c2ccc(Sc3ccc(/C=C/C(=O)N4CCN(C(=O)OC)CC4)cc3C(F)(F)F)c(C(F)(F)F)c2)CC1. The molecular formula is C32H32F6N4O6S. The molecule has 10 nitrogen and oxygen atoms in total. The summed E-state index contributed by atoms with van der Waals surface area (Å²) in [6, 6.07) is 6.11. The van der Waals surface area contributed by atoms with E-state index in [9.17, 15) is 45.5 Å². The molecule has 0 spiro atoms. The van der Waals surface area contributed by atoms with Gasteiger partial charge in [0.25, 0.3) is 0 Å². The fourth-order valence-corrected chi connectivity index (χ4v) is 6.14. The summed E-state index contributed by atoms with van der Waals surface area (Å²) in [5, 5.41) is 0. The fraction of sp³-hybridized carbons (Fsp3) is 0.375. The Kier molecular flexibility index (Phi) is 11.9. The van der Waals surface area contributed by atoms with E-state index in [2.05, 4.69) is 9.47 Å². The number of hydrogen-bond acceptors (Lipinski definition) is 7. The minimum atomic E-state index is -4.93. The summed E-state index contributed by atoms with van der Waals surface area (Å²) >= 11 is 0.292. The van der Waals surface area contributed by atoms with Crippen molar-refractivity contribution in [2.75, 3.05) is 66.6 Å². The first kappa shape index (κ1) is 37.2. The van der Waals surface area contributed by atoms with Gasteiger partial charge in [-0.15, -0.1) is 0 Å². The van der Waals surface area contributed by atoms with Crippen molar-refractivity contribution >= 4 is 47.9 Å². The number of amides is 4. The van der Waals surface area contributed by atoms with Crippen LogP contribution < -0.4 is 0 Å². The Morgan fingerprint density at radius 2 is 0.918 bits per heavy atom. The molecule has 2 aromatic carbocycles. The van der Waals surface area contributed by atoms with Crippen LogP contribution in [0.15, 0.2) is 58.3 Å². The highest BCUT2D eigenvalue weighted by atomic mass is 32.2. The molecule has 2 saturated heterocycles. The van der Waals surface area contributed by atoms with E-state index in [0.717, 1.165) is 36.4 Å². The van der Waals surface area contributed by atoms with Gasteiger partial charge in [0.15, 0.2) is 0 Å². The summed E-state index contributed by atoms with van der Waals surface area (Å²) in [5.74, 6) is -0.966. The standard InChI is InChI=1S/C32H32F6N4O6S/c1-47-29(45)41-15-11-39(12-16-41)27(43)9-5-21-3-7-25(23(19-21)31(33,34)35)49-26-8-4-22(20-24(26)32(36,37)38)6-10-28(44)40-13-17-42(18-14-40)30(46)48-2/h3-10,19-20H,11-18H2,1-2H3/b9-5+,10-6+. The average Bonchev–Trinajstić information content (AvgIpc) is 3.08. The van der Waals surface area contributed by atoms with Gasteiger partial charge >= 0.3 is 24.5 Å². The van der Waals surface area contributed by atoms with Crippen LogP contribution in [0.25, 0.3) is 12.2 Å². The van der Waals surface area contributed by atoms with Gasteiger partial charge in [0.05, 0.1) is 25.3 Å². The quantitative estimate of drug-likeness (QED) is 0.279. The molecule has 0 N–H and O–H groups in total. The number of hydrogen-bond donors (Lipinski definition) is 0. The monoisotopic (exact) mass is 714 g/mol. The van der Waals surface area contributed by atoms with Gasteiger partial charge in [-0.25, -0.2) is 9.59 Å². The molecule has 0 radical (unpaired) electrons. The molecule has 0 unspecified atom stereocenters. The lowest BCUT2D eigenvalue weighted by Crippen LogP contribution is -2.50. The lowest BCUT2D eigenvalue weighted by molar-refractivity contribution is -0.140. The minimum Gasteiger partial charge on any atom is -0.453 e. The number of rotatable bonds is 6. The Morgan fingerprint density at radius 3 is 1.22 bits per heavy atom. The lowest BCUT2D eigenvalue weighted by Gasteiger charge is -2.33. The van der Waals surface area contributed by atoms with Crippen LogP contribution >= 0.6 is 11.8 Å². The number of benzene rings is 2. The predicted molar refractivity (Wildman–Crippen MR) is 166 cm³/mol. The van der Waals surface area contributed by atoms with Gasteiger partial charge in [0.1, 0.15) is 0 Å². The van der Waals surface area contributed by atoms with Crippen molar-refractivity contribution in [2.24, 2.45) is 0 Å². The molecule has 4 rings (SSSR count). The first-order chi connectivity index (χ1) is 23.1. The van der Waals surface area contributed by atoms with Crippen molar-refractivity contribution in [3.63, 3.8) is 0 Å². The van der Waals surface area contributed by atoms with Crippen molar-refractivity contribution in [2.45, 2.75) is 22.1 Å². The van der Waals surface area contributed by atoms with Gasteiger partial charge in [-0.1, -0.05) is 23.9 Å². The summed E-state index contributed by atoms with van der Waals surface area (Å²) in [5.41, 5.74) is -2.36. The molecule has 2 heterocycles. The van der Waals surface area contributed by atoms with E-state index in [-0.39, 0.29) is 63.5 Å². The van der Waals surface area contributed by atoms with Crippen molar-refractivity contribution in [3.8, 4) is 0 Å². The first-order valence-corrected chi connectivity index (χ1v) is 15.6. The van der Waals surface area contributed by atoms with Gasteiger partial charge in [-0.2, -0.15) is 26.3 Å². The minimum absolute atomic E-state index is 0.00567. The molecule has 2 aromatic rings. The predicted octanol–water partition coefficient (Wildman–Crippen LogP) is 5.72. The maximum Gasteiger partial charge on any atom is 0.417 e. The number of carbonyl (C=O) groups excluding carboxylic acids is 4. The zero-order valence-electron chi connectivity index (χ0n) is 26.3. The number of ether oxygens (including phenoxy) is 2. The van der Waals surface area contributed by atoms with Gasteiger partial charge in [0, 0.05) is 74.3 Å². The van der Waals surface area contributed by atoms with E-state index in [1.807, 2.05) is 0 Å². The van der Waals surface area contributed by atoms with E-state index in [0.29, 0.717) is 11.8 Å². The van der Waals surface area contributed by atoms with Crippen molar-refractivity contribution < 1.29 is 55.0 Å². The highest BCUT2D eigenvalue weighted by molar-refractivity contribution is 7.99. The molecule has 2 fully saturated rings. The molecule has 0 bridgehead atoms. The summed E-state index contributed by atoms with van der Waals surface area (Å²) in [4.78, 5) is 53.2. The zero-order chi connectivity index (χ0) is 35.9. The van der Waals surface area contributed by atoms with E-state index < -0.39 is 57.3 Å². The Hall–Kier alpha value is -4.67. The van der Waals surface area contributed by atoms with Crippen LogP contribution in [0.3, 0.4) is 0 Å². The second-order valence-electron chi connectivity index (χ2n) is 10.8. The van der Waals surface area contributed by atoms with Crippen LogP contribution in [0, 0.1) is 0 Å². The van der Waals surface area contributed by atoms with E-state index in [1.54, 1.807) is 0 Å². The summed E-state index contributed by atoms with van der Waals surface area (Å²) in [6.45, 7) is 1.69. The molecule has 0 aromatic heterocycles. The number of alkyl halides is 6. The highest BCUT2D eigenvalue weighted by Crippen LogP contribution is 2.44. The maximum absolute atomic E-state index is 14.1. The molecule has 2 aliphatic heterocycles. The Balaban J connectivity index is 1.48. The molecule has 264 valence electrons. The largest absolute Gasteiger partial charge is 0.453 e. The van der Waals surface area contributed by atoms with E-state index >= 15 is 0 Å². The van der Waals surface area contributed by atoms with Crippen LogP contribution in [0.2, 0.25) is 0 Å². The molecule has 2 aliphatic rings. The molecule has 0 atom stereocenters. The van der Waals surface area contributed by atoms with Gasteiger partial charge < -0.3 is 29.1 Å². The fourth-order valence-electron chi connectivity index (χ4n) is 5.06. The second kappa shape index (κ2) is 15.7. The van der Waals surface area contributed by atoms with Crippen molar-refractivity contribution in [3.05, 3.63) is 70.8 Å². The van der Waals surface area contributed by atoms with Crippen LogP contribution in [-0.2, 0) is 31.4 Å². The number of methoxy groups -OCH3 is 2. The zero-order valence-corrected chi connectivity index (χ0v) is 27.2. The third kappa shape index (κ3) is 9.70. The number of piperazine rings is 2. The van der Waals surface area contributed by atoms with Crippen LogP contribution in [-0.4, -0.2) is 110 Å². The smallest absolute Gasteiger partial charge is 0.417 e. The molecule has 4 amide bonds. The lowest BCUT2D eigenvalue weighted by atomic mass is 10.1. The third-order valence-electron chi connectivity index (χ3n) is 7.72. The molecule has 0 saturated carbocycles. The van der Waals surface area contributed by atoms with Crippen molar-refractivity contribution in [1.82, 2.24) is 19.6 Å². The topological polar surface area (TPSA) is 99.7 Å². The van der Waals surface area contributed by atoms with Crippen LogP contribution in [0.5, 0.6) is 0 Å². The molecule has 0 aliphatic carbocycles. The van der Waals surface area contributed by atoms with Crippen molar-refractivity contribution in [1.29, 1.82) is 0 Å². The first-order valence-electron chi connectivity index (χ1n) is 14.8. The maximum atomic E-state index is 14.1. The number of carbonyl (C=O) groups is 4. The van der Waals surface area contributed by atoms with E-state index in [1.165, 1.54) is 58.1 Å². The Labute approximate surface area is 281 Å². The average molecular weight is 715 g/mol. The summed E-state index contributed by atoms with van der Waals surface area (Å²) in [6.07, 6.45) is -6.37. The Morgan fingerprint density at radius 1 is 0.592 bits per heavy atom. The normalized spacial score (nSPS) is 16.0. The molecule has 49 heavy (non-hydrogen) atoms. The number of nitrogens with zero attached hydrogens (tertiary/aromatic N) is 4.